The average molecular weight is 423 g/mol. The van der Waals surface area contributed by atoms with E-state index in [-0.39, 0.29) is 5.11 Å². The quantitative estimate of drug-likeness (QED) is 0.690. The van der Waals surface area contributed by atoms with Crippen LogP contribution in [0.25, 0.3) is 0 Å². The highest BCUT2D eigenvalue weighted by atomic mass is 32.1. The van der Waals surface area contributed by atoms with Crippen molar-refractivity contribution in [2.75, 3.05) is 48.8 Å². The molecule has 1 heterocycles. The molecule has 0 saturated carbocycles. The molecule has 0 aromatic heterocycles. The number of nitrogens with one attached hydrogen (secondary N) is 2. The molecule has 0 spiro atoms. The highest BCUT2D eigenvalue weighted by Gasteiger charge is 2.31. The Balaban J connectivity index is 1.83. The predicted octanol–water partition coefficient (Wildman–Crippen LogP) is 4.83. The van der Waals surface area contributed by atoms with Gasteiger partial charge in [0.05, 0.1) is 16.9 Å². The van der Waals surface area contributed by atoms with E-state index < -0.39 is 11.7 Å². The van der Waals surface area contributed by atoms with E-state index >= 15 is 0 Å². The zero-order valence-corrected chi connectivity index (χ0v) is 17.3. The molecule has 1 aliphatic heterocycles. The van der Waals surface area contributed by atoms with Crippen LogP contribution in [0.15, 0.2) is 42.5 Å². The lowest BCUT2D eigenvalue weighted by Gasteiger charge is -2.35. The SMILES string of the molecule is CCc1cccc(NC(=S)Nc2cc(C(F)(F)F)ccc2N2CCN(C)CC2)c1. The van der Waals surface area contributed by atoms with E-state index in [0.717, 1.165) is 61.7 Å². The topological polar surface area (TPSA) is 30.5 Å². The van der Waals surface area contributed by atoms with Crippen LogP contribution < -0.4 is 15.5 Å². The molecule has 1 saturated heterocycles. The van der Waals surface area contributed by atoms with Crippen LogP contribution in [-0.2, 0) is 12.6 Å². The van der Waals surface area contributed by atoms with E-state index in [4.69, 9.17) is 12.2 Å². The molecule has 0 amide bonds. The number of hydrogen-bond donors (Lipinski definition) is 2. The first-order chi connectivity index (χ1) is 13.8. The fourth-order valence-electron chi connectivity index (χ4n) is 3.29. The van der Waals surface area contributed by atoms with Crippen LogP contribution in [0.2, 0.25) is 0 Å². The molecule has 1 aliphatic rings. The van der Waals surface area contributed by atoms with Gasteiger partial charge in [-0.25, -0.2) is 0 Å². The summed E-state index contributed by atoms with van der Waals surface area (Å²) < 4.78 is 39.8. The van der Waals surface area contributed by atoms with Gasteiger partial charge < -0.3 is 20.4 Å². The van der Waals surface area contributed by atoms with Crippen molar-refractivity contribution in [1.82, 2.24) is 4.90 Å². The van der Waals surface area contributed by atoms with Crippen LogP contribution in [-0.4, -0.2) is 43.2 Å². The van der Waals surface area contributed by atoms with Crippen molar-refractivity contribution < 1.29 is 13.2 Å². The van der Waals surface area contributed by atoms with Gasteiger partial charge in [0, 0.05) is 31.9 Å². The molecule has 0 bridgehead atoms. The first kappa shape index (κ1) is 21.4. The van der Waals surface area contributed by atoms with Crippen molar-refractivity contribution in [3.8, 4) is 0 Å². The van der Waals surface area contributed by atoms with Gasteiger partial charge in [-0.05, 0) is 61.6 Å². The Bertz CT molecular complexity index is 861. The van der Waals surface area contributed by atoms with Crippen LogP contribution in [0, 0.1) is 0 Å². The summed E-state index contributed by atoms with van der Waals surface area (Å²) in [7, 11) is 2.03. The highest BCUT2D eigenvalue weighted by Crippen LogP contribution is 2.36. The summed E-state index contributed by atoms with van der Waals surface area (Å²) in [4.78, 5) is 4.28. The molecule has 4 nitrogen and oxygen atoms in total. The molecular weight excluding hydrogens is 397 g/mol. The molecule has 156 valence electrons. The Labute approximate surface area is 174 Å². The molecule has 0 radical (unpaired) electrons. The molecule has 2 aromatic rings. The third-order valence-electron chi connectivity index (χ3n) is 5.01. The zero-order chi connectivity index (χ0) is 21.0. The second-order valence-corrected chi connectivity index (χ2v) is 7.56. The molecule has 0 atom stereocenters. The minimum atomic E-state index is -4.42. The van der Waals surface area contributed by atoms with E-state index in [9.17, 15) is 13.2 Å². The summed E-state index contributed by atoms with van der Waals surface area (Å²) in [5.41, 5.74) is 2.32. The number of nitrogens with zero attached hydrogens (tertiary/aromatic N) is 2. The summed E-state index contributed by atoms with van der Waals surface area (Å²) in [5, 5.41) is 6.31. The number of alkyl halides is 3. The molecule has 1 fully saturated rings. The number of likely N-dealkylation sites (N-methyl/N-ethyl adjacent to an activating group) is 1. The van der Waals surface area contributed by atoms with Crippen LogP contribution in [0.3, 0.4) is 0 Å². The zero-order valence-electron chi connectivity index (χ0n) is 16.5. The van der Waals surface area contributed by atoms with Gasteiger partial charge >= 0.3 is 6.18 Å². The molecule has 0 unspecified atom stereocenters. The van der Waals surface area contributed by atoms with E-state index in [1.54, 1.807) is 0 Å². The van der Waals surface area contributed by atoms with Crippen LogP contribution in [0.1, 0.15) is 18.1 Å². The van der Waals surface area contributed by atoms with Gasteiger partial charge in [-0.3, -0.25) is 0 Å². The van der Waals surface area contributed by atoms with Crippen molar-refractivity contribution in [2.24, 2.45) is 0 Å². The van der Waals surface area contributed by atoms with E-state index in [1.807, 2.05) is 31.3 Å². The van der Waals surface area contributed by atoms with Crippen molar-refractivity contribution in [3.05, 3.63) is 53.6 Å². The minimum absolute atomic E-state index is 0.257. The fraction of sp³-hybridized carbons (Fsp3) is 0.381. The van der Waals surface area contributed by atoms with Crippen LogP contribution in [0.5, 0.6) is 0 Å². The third kappa shape index (κ3) is 5.61. The second-order valence-electron chi connectivity index (χ2n) is 7.15. The Hall–Kier alpha value is -2.32. The van der Waals surface area contributed by atoms with Crippen LogP contribution >= 0.6 is 12.2 Å². The molecule has 3 rings (SSSR count). The maximum atomic E-state index is 13.3. The number of rotatable bonds is 4. The summed E-state index contributed by atoms with van der Waals surface area (Å²) in [6, 6.07) is 11.6. The van der Waals surface area contributed by atoms with Crippen molar-refractivity contribution in [3.63, 3.8) is 0 Å². The second kappa shape index (κ2) is 9.00. The number of anilines is 3. The smallest absolute Gasteiger partial charge is 0.367 e. The Kier molecular flexibility index (Phi) is 6.64. The Morgan fingerprint density at radius 2 is 1.76 bits per heavy atom. The molecule has 8 heteroatoms. The van der Waals surface area contributed by atoms with Crippen molar-refractivity contribution >= 4 is 34.4 Å². The number of halogens is 3. The first-order valence-corrected chi connectivity index (χ1v) is 9.99. The predicted molar refractivity (Wildman–Crippen MR) is 117 cm³/mol. The normalized spacial score (nSPS) is 15.3. The standard InChI is InChI=1S/C21H25F3N4S/c1-3-15-5-4-6-17(13-15)25-20(29)26-18-14-16(21(22,23)24)7-8-19(18)28-11-9-27(2)10-12-28/h4-8,13-14H,3,9-12H2,1-2H3,(H2,25,26,29). The highest BCUT2D eigenvalue weighted by molar-refractivity contribution is 7.80. The lowest BCUT2D eigenvalue weighted by molar-refractivity contribution is -0.137. The number of piperazine rings is 1. The molecular formula is C21H25F3N4S. The number of thiocarbonyl (C=S) groups is 1. The van der Waals surface area contributed by atoms with Gasteiger partial charge in [-0.1, -0.05) is 19.1 Å². The largest absolute Gasteiger partial charge is 0.416 e. The van der Waals surface area contributed by atoms with Gasteiger partial charge in [0.2, 0.25) is 0 Å². The van der Waals surface area contributed by atoms with Crippen molar-refractivity contribution in [2.45, 2.75) is 19.5 Å². The molecule has 2 aromatic carbocycles. The summed E-state index contributed by atoms with van der Waals surface area (Å²) in [6.45, 7) is 5.26. The van der Waals surface area contributed by atoms with E-state index in [0.29, 0.717) is 5.69 Å². The maximum Gasteiger partial charge on any atom is 0.416 e. The number of benzene rings is 2. The van der Waals surface area contributed by atoms with Gasteiger partial charge in [0.25, 0.3) is 0 Å². The maximum absolute atomic E-state index is 13.3. The summed E-state index contributed by atoms with van der Waals surface area (Å²) >= 11 is 5.38. The Morgan fingerprint density at radius 3 is 2.41 bits per heavy atom. The van der Waals surface area contributed by atoms with E-state index in [1.165, 1.54) is 6.07 Å². The molecule has 0 aliphatic carbocycles. The number of aryl methyl sites for hydroxylation is 1. The molecule has 29 heavy (non-hydrogen) atoms. The lowest BCUT2D eigenvalue weighted by Crippen LogP contribution is -2.44. The average Bonchev–Trinajstić information content (AvgIpc) is 2.68. The van der Waals surface area contributed by atoms with Gasteiger partial charge in [-0.15, -0.1) is 0 Å². The van der Waals surface area contributed by atoms with Gasteiger partial charge in [0.15, 0.2) is 5.11 Å². The van der Waals surface area contributed by atoms with Gasteiger partial charge in [0.1, 0.15) is 0 Å². The first-order valence-electron chi connectivity index (χ1n) is 9.58. The number of hydrogen-bond acceptors (Lipinski definition) is 3. The third-order valence-corrected chi connectivity index (χ3v) is 5.21. The van der Waals surface area contributed by atoms with Crippen LogP contribution in [0.4, 0.5) is 30.2 Å². The minimum Gasteiger partial charge on any atom is -0.367 e. The lowest BCUT2D eigenvalue weighted by atomic mass is 10.1. The molecule has 2 N–H and O–H groups in total. The summed E-state index contributed by atoms with van der Waals surface area (Å²) in [5.74, 6) is 0. The monoisotopic (exact) mass is 422 g/mol. The Morgan fingerprint density at radius 1 is 1.03 bits per heavy atom. The van der Waals surface area contributed by atoms with E-state index in [2.05, 4.69) is 27.4 Å². The van der Waals surface area contributed by atoms with Gasteiger partial charge in [-0.2, -0.15) is 13.2 Å². The van der Waals surface area contributed by atoms with Crippen molar-refractivity contribution in [1.29, 1.82) is 0 Å². The fourth-order valence-corrected chi connectivity index (χ4v) is 3.52. The summed E-state index contributed by atoms with van der Waals surface area (Å²) in [6.07, 6.45) is -3.53.